The van der Waals surface area contributed by atoms with Crippen molar-refractivity contribution in [2.45, 2.75) is 51.1 Å². The number of carbonyl (C=O) groups is 1. The summed E-state index contributed by atoms with van der Waals surface area (Å²) in [6, 6.07) is 4.62. The summed E-state index contributed by atoms with van der Waals surface area (Å²) >= 11 is 0. The van der Waals surface area contributed by atoms with Crippen molar-refractivity contribution in [3.05, 3.63) is 35.3 Å². The highest BCUT2D eigenvalue weighted by Gasteiger charge is 2.31. The molecule has 28 heavy (non-hydrogen) atoms. The van der Waals surface area contributed by atoms with Gasteiger partial charge in [0.2, 0.25) is 10.0 Å². The monoisotopic (exact) mass is 410 g/mol. The second kappa shape index (κ2) is 7.83. The zero-order chi connectivity index (χ0) is 20.6. The summed E-state index contributed by atoms with van der Waals surface area (Å²) < 4.78 is 45.8. The maximum atomic E-state index is 14.0. The van der Waals surface area contributed by atoms with Crippen molar-refractivity contribution in [3.63, 3.8) is 0 Å². The van der Waals surface area contributed by atoms with E-state index >= 15 is 0 Å². The van der Waals surface area contributed by atoms with Crippen molar-refractivity contribution in [1.82, 2.24) is 8.87 Å². The van der Waals surface area contributed by atoms with Gasteiger partial charge in [0.25, 0.3) is 0 Å². The van der Waals surface area contributed by atoms with Crippen molar-refractivity contribution < 1.29 is 22.3 Å². The number of aromatic nitrogens is 1. The number of methoxy groups -OCH3 is 1. The van der Waals surface area contributed by atoms with E-state index < -0.39 is 10.0 Å². The Morgan fingerprint density at radius 1 is 1.29 bits per heavy atom. The number of fused-ring (bicyclic) bond motifs is 1. The van der Waals surface area contributed by atoms with Crippen LogP contribution in [0.4, 0.5) is 4.39 Å². The zero-order valence-corrected chi connectivity index (χ0v) is 17.6. The van der Waals surface area contributed by atoms with Crippen molar-refractivity contribution in [2.75, 3.05) is 20.4 Å². The van der Waals surface area contributed by atoms with Crippen molar-refractivity contribution in [1.29, 1.82) is 0 Å². The van der Waals surface area contributed by atoms with Crippen LogP contribution in [-0.4, -0.2) is 49.7 Å². The molecule has 1 aliphatic carbocycles. The zero-order valence-electron chi connectivity index (χ0n) is 16.7. The number of rotatable bonds is 5. The molecule has 0 radical (unpaired) electrons. The van der Waals surface area contributed by atoms with E-state index in [2.05, 4.69) is 0 Å². The van der Waals surface area contributed by atoms with Gasteiger partial charge in [0.15, 0.2) is 0 Å². The summed E-state index contributed by atoms with van der Waals surface area (Å²) in [5.41, 5.74) is 2.81. The second-order valence-corrected chi connectivity index (χ2v) is 9.65. The van der Waals surface area contributed by atoms with Gasteiger partial charge in [0.05, 0.1) is 13.4 Å². The van der Waals surface area contributed by atoms with E-state index in [1.807, 2.05) is 11.5 Å². The smallest absolute Gasteiger partial charge is 0.325 e. The van der Waals surface area contributed by atoms with Gasteiger partial charge in [-0.05, 0) is 62.3 Å². The Kier molecular flexibility index (Phi) is 5.82. The maximum Gasteiger partial charge on any atom is 0.325 e. The van der Waals surface area contributed by atoms with Crippen LogP contribution in [0.2, 0.25) is 0 Å². The lowest BCUT2D eigenvalue weighted by molar-refractivity contribution is -0.141. The molecule has 1 aromatic carbocycles. The third-order valence-corrected chi connectivity index (χ3v) is 7.34. The number of esters is 1. The van der Waals surface area contributed by atoms with Crippen molar-refractivity contribution in [3.8, 4) is 0 Å². The van der Waals surface area contributed by atoms with Crippen LogP contribution in [0.1, 0.15) is 42.9 Å². The van der Waals surface area contributed by atoms with E-state index in [1.54, 1.807) is 13.1 Å². The van der Waals surface area contributed by atoms with Gasteiger partial charge >= 0.3 is 5.97 Å². The van der Waals surface area contributed by atoms with Gasteiger partial charge in [-0.15, -0.1) is 0 Å². The maximum absolute atomic E-state index is 14.0. The molecule has 0 saturated heterocycles. The van der Waals surface area contributed by atoms with E-state index in [1.165, 1.54) is 29.8 Å². The Bertz CT molecular complexity index is 991. The minimum atomic E-state index is -3.22. The molecular formula is C20H27FN2O4S. The van der Waals surface area contributed by atoms with E-state index in [-0.39, 0.29) is 30.3 Å². The number of hydrogen-bond donors (Lipinski definition) is 0. The van der Waals surface area contributed by atoms with Crippen LogP contribution < -0.4 is 0 Å². The lowest BCUT2D eigenvalue weighted by atomic mass is 9.80. The van der Waals surface area contributed by atoms with Crippen LogP contribution >= 0.6 is 0 Å². The quantitative estimate of drug-likeness (QED) is 0.710. The Balaban J connectivity index is 1.94. The SMILES string of the molecule is COC(=O)Cn1c(C)c(C2CCC(N(C)S(C)(=O)=O)CC2)c2cc(F)ccc21. The standard InChI is InChI=1S/C20H27FN2O4S/c1-13-20(14-5-8-16(9-6-14)22(2)28(4,25)26)17-11-15(21)7-10-18(17)23(13)12-19(24)27-3/h7,10-11,14,16H,5-6,8-9,12H2,1-4H3. The molecular weight excluding hydrogens is 383 g/mol. The Morgan fingerprint density at radius 2 is 1.93 bits per heavy atom. The van der Waals surface area contributed by atoms with Gasteiger partial charge in [0, 0.05) is 29.7 Å². The molecule has 154 valence electrons. The molecule has 1 aliphatic rings. The highest BCUT2D eigenvalue weighted by atomic mass is 32.2. The van der Waals surface area contributed by atoms with Gasteiger partial charge in [-0.3, -0.25) is 4.79 Å². The third-order valence-electron chi connectivity index (χ3n) is 5.99. The van der Waals surface area contributed by atoms with Gasteiger partial charge in [-0.2, -0.15) is 0 Å². The molecule has 8 heteroatoms. The first-order valence-corrected chi connectivity index (χ1v) is 11.3. The lowest BCUT2D eigenvalue weighted by Gasteiger charge is -2.33. The predicted molar refractivity (Wildman–Crippen MR) is 106 cm³/mol. The molecule has 0 unspecified atom stereocenters. The van der Waals surface area contributed by atoms with E-state index in [0.717, 1.165) is 47.8 Å². The summed E-state index contributed by atoms with van der Waals surface area (Å²) in [7, 11) is -0.238. The van der Waals surface area contributed by atoms with E-state index in [0.29, 0.717) is 0 Å². The second-order valence-electron chi connectivity index (χ2n) is 7.61. The summed E-state index contributed by atoms with van der Waals surface area (Å²) in [5.74, 6) is -0.462. The van der Waals surface area contributed by atoms with Crippen LogP contribution in [0.15, 0.2) is 18.2 Å². The Morgan fingerprint density at radius 3 is 2.50 bits per heavy atom. The molecule has 0 amide bonds. The fraction of sp³-hybridized carbons (Fsp3) is 0.550. The highest BCUT2D eigenvalue weighted by Crippen LogP contribution is 2.41. The largest absolute Gasteiger partial charge is 0.468 e. The molecule has 3 rings (SSSR count). The third kappa shape index (κ3) is 3.93. The number of halogens is 1. The number of benzene rings is 1. The molecule has 2 aromatic rings. The highest BCUT2D eigenvalue weighted by molar-refractivity contribution is 7.88. The van der Waals surface area contributed by atoms with Crippen molar-refractivity contribution >= 4 is 26.9 Å². The summed E-state index contributed by atoms with van der Waals surface area (Å²) in [4.78, 5) is 11.9. The van der Waals surface area contributed by atoms with Gasteiger partial charge in [0.1, 0.15) is 12.4 Å². The van der Waals surface area contributed by atoms with Crippen LogP contribution in [0.3, 0.4) is 0 Å². The first kappa shape index (κ1) is 20.8. The molecule has 0 bridgehead atoms. The minimum absolute atomic E-state index is 0.00767. The number of nitrogens with zero attached hydrogens (tertiary/aromatic N) is 2. The van der Waals surface area contributed by atoms with E-state index in [4.69, 9.17) is 4.74 Å². The molecule has 0 aliphatic heterocycles. The van der Waals surface area contributed by atoms with Crippen LogP contribution in [-0.2, 0) is 26.1 Å². The molecule has 0 spiro atoms. The van der Waals surface area contributed by atoms with Crippen molar-refractivity contribution in [2.24, 2.45) is 0 Å². The molecule has 6 nitrogen and oxygen atoms in total. The lowest BCUT2D eigenvalue weighted by Crippen LogP contribution is -2.38. The summed E-state index contributed by atoms with van der Waals surface area (Å²) in [5, 5.41) is 0.821. The number of carbonyl (C=O) groups excluding carboxylic acids is 1. The van der Waals surface area contributed by atoms with Crippen LogP contribution in [0, 0.1) is 12.7 Å². The fourth-order valence-corrected chi connectivity index (χ4v) is 5.14. The molecule has 1 fully saturated rings. The van der Waals surface area contributed by atoms with E-state index in [9.17, 15) is 17.6 Å². The van der Waals surface area contributed by atoms with Gasteiger partial charge in [-0.25, -0.2) is 17.1 Å². The van der Waals surface area contributed by atoms with Crippen LogP contribution in [0.5, 0.6) is 0 Å². The number of ether oxygens (including phenoxy) is 1. The fourth-order valence-electron chi connectivity index (χ4n) is 4.39. The average Bonchev–Trinajstić information content (AvgIpc) is 2.91. The molecule has 1 heterocycles. The summed E-state index contributed by atoms with van der Waals surface area (Å²) in [6.45, 7) is 2.03. The Labute approximate surface area is 165 Å². The molecule has 0 N–H and O–H groups in total. The summed E-state index contributed by atoms with van der Waals surface area (Å²) in [6.07, 6.45) is 4.38. The first-order valence-electron chi connectivity index (χ1n) is 9.41. The van der Waals surface area contributed by atoms with Crippen LogP contribution in [0.25, 0.3) is 10.9 Å². The normalized spacial score (nSPS) is 20.6. The molecule has 1 saturated carbocycles. The predicted octanol–water partition coefficient (Wildman–Crippen LogP) is 3.18. The molecule has 1 aromatic heterocycles. The Hall–Kier alpha value is -1.93. The average molecular weight is 411 g/mol. The minimum Gasteiger partial charge on any atom is -0.468 e. The topological polar surface area (TPSA) is 68.6 Å². The van der Waals surface area contributed by atoms with Gasteiger partial charge < -0.3 is 9.30 Å². The first-order chi connectivity index (χ1) is 13.1. The molecule has 0 atom stereocenters. The number of hydrogen-bond acceptors (Lipinski definition) is 4. The van der Waals surface area contributed by atoms with Gasteiger partial charge in [-0.1, -0.05) is 0 Å². The number of sulfonamides is 1.